The first-order valence-corrected chi connectivity index (χ1v) is 9.91. The molecule has 0 aliphatic carbocycles. The zero-order valence-corrected chi connectivity index (χ0v) is 15.3. The van der Waals surface area contributed by atoms with Crippen LogP contribution >= 0.6 is 0 Å². The third-order valence-corrected chi connectivity index (χ3v) is 4.89. The summed E-state index contributed by atoms with van der Waals surface area (Å²) in [6.07, 6.45) is 5.26. The first-order chi connectivity index (χ1) is 11.9. The molecular formula is C18H23N3O3S. The van der Waals surface area contributed by atoms with Crippen LogP contribution in [0.1, 0.15) is 24.0 Å². The monoisotopic (exact) mass is 361 g/mol. The van der Waals surface area contributed by atoms with Gasteiger partial charge in [0.1, 0.15) is 0 Å². The molecule has 134 valence electrons. The number of nitrogens with zero attached hydrogens (tertiary/aromatic N) is 2. The van der Waals surface area contributed by atoms with Crippen LogP contribution in [0.2, 0.25) is 0 Å². The van der Waals surface area contributed by atoms with E-state index < -0.39 is 10.0 Å². The quantitative estimate of drug-likeness (QED) is 0.782. The van der Waals surface area contributed by atoms with Crippen molar-refractivity contribution in [2.45, 2.75) is 26.3 Å². The maximum atomic E-state index is 12.0. The fourth-order valence-electron chi connectivity index (χ4n) is 2.37. The van der Waals surface area contributed by atoms with Crippen molar-refractivity contribution in [3.05, 3.63) is 59.9 Å². The standard InChI is InChI=1S/C18H23N3O3S/c1-15-7-9-17(10-8-15)21(25(2,23)24)12-4-6-18(22)20-14-16-5-3-11-19-13-16/h3,5,7-11,13H,4,6,12,14H2,1-2H3,(H,20,22). The molecule has 7 heteroatoms. The van der Waals surface area contributed by atoms with E-state index in [0.717, 1.165) is 11.1 Å². The SMILES string of the molecule is Cc1ccc(N(CCCC(=O)NCc2cccnc2)S(C)(=O)=O)cc1. The van der Waals surface area contributed by atoms with Crippen LogP contribution in [0.4, 0.5) is 5.69 Å². The number of carbonyl (C=O) groups excluding carboxylic acids is 1. The normalized spacial score (nSPS) is 11.1. The van der Waals surface area contributed by atoms with Gasteiger partial charge in [-0.25, -0.2) is 8.42 Å². The molecule has 0 aliphatic heterocycles. The number of aryl methyl sites for hydroxylation is 1. The molecule has 1 amide bonds. The highest BCUT2D eigenvalue weighted by molar-refractivity contribution is 7.92. The van der Waals surface area contributed by atoms with Crippen LogP contribution < -0.4 is 9.62 Å². The minimum Gasteiger partial charge on any atom is -0.352 e. The molecule has 0 spiro atoms. The Hall–Kier alpha value is -2.41. The van der Waals surface area contributed by atoms with Crippen LogP contribution in [0, 0.1) is 6.92 Å². The van der Waals surface area contributed by atoms with Gasteiger partial charge in [-0.15, -0.1) is 0 Å². The van der Waals surface area contributed by atoms with E-state index in [1.54, 1.807) is 24.5 Å². The summed E-state index contributed by atoms with van der Waals surface area (Å²) in [4.78, 5) is 15.9. The first kappa shape index (κ1) is 18.9. The van der Waals surface area contributed by atoms with Crippen molar-refractivity contribution < 1.29 is 13.2 Å². The molecule has 1 heterocycles. The van der Waals surface area contributed by atoms with Crippen LogP contribution in [-0.2, 0) is 21.4 Å². The summed E-state index contributed by atoms with van der Waals surface area (Å²) in [5.41, 5.74) is 2.60. The molecule has 0 bridgehead atoms. The number of anilines is 1. The van der Waals surface area contributed by atoms with Gasteiger partial charge in [0, 0.05) is 31.9 Å². The Kier molecular flexibility index (Phi) is 6.52. The predicted molar refractivity (Wildman–Crippen MR) is 98.7 cm³/mol. The average Bonchev–Trinajstić information content (AvgIpc) is 2.58. The van der Waals surface area contributed by atoms with E-state index in [2.05, 4.69) is 10.3 Å². The molecule has 0 atom stereocenters. The van der Waals surface area contributed by atoms with Crippen molar-refractivity contribution in [1.82, 2.24) is 10.3 Å². The Labute approximate surface area is 148 Å². The van der Waals surface area contributed by atoms with Gasteiger partial charge in [-0.2, -0.15) is 0 Å². The van der Waals surface area contributed by atoms with Gasteiger partial charge in [-0.05, 0) is 37.1 Å². The number of benzene rings is 1. The van der Waals surface area contributed by atoms with Gasteiger partial charge < -0.3 is 5.32 Å². The molecule has 1 aromatic carbocycles. The minimum absolute atomic E-state index is 0.110. The Bertz CT molecular complexity index is 790. The zero-order valence-electron chi connectivity index (χ0n) is 14.5. The predicted octanol–water partition coefficient (Wildman–Crippen LogP) is 2.25. The fraction of sp³-hybridized carbons (Fsp3) is 0.333. The third kappa shape index (κ3) is 6.19. The van der Waals surface area contributed by atoms with Gasteiger partial charge in [0.15, 0.2) is 0 Å². The average molecular weight is 361 g/mol. The van der Waals surface area contributed by atoms with Crippen molar-refractivity contribution in [3.63, 3.8) is 0 Å². The molecule has 0 fully saturated rings. The van der Waals surface area contributed by atoms with Crippen molar-refractivity contribution in [3.8, 4) is 0 Å². The van der Waals surface area contributed by atoms with Crippen LogP contribution in [0.3, 0.4) is 0 Å². The first-order valence-electron chi connectivity index (χ1n) is 8.06. The smallest absolute Gasteiger partial charge is 0.232 e. The zero-order chi connectivity index (χ0) is 18.3. The van der Waals surface area contributed by atoms with Crippen LogP contribution in [0.25, 0.3) is 0 Å². The van der Waals surface area contributed by atoms with E-state index in [0.29, 0.717) is 18.7 Å². The Balaban J connectivity index is 1.86. The van der Waals surface area contributed by atoms with E-state index >= 15 is 0 Å². The maximum Gasteiger partial charge on any atom is 0.232 e. The van der Waals surface area contributed by atoms with E-state index in [9.17, 15) is 13.2 Å². The van der Waals surface area contributed by atoms with Crippen LogP contribution in [-0.4, -0.2) is 32.1 Å². The maximum absolute atomic E-state index is 12.0. The lowest BCUT2D eigenvalue weighted by Gasteiger charge is -2.22. The Morgan fingerprint density at radius 1 is 1.20 bits per heavy atom. The van der Waals surface area contributed by atoms with Gasteiger partial charge in [-0.3, -0.25) is 14.1 Å². The minimum atomic E-state index is -3.39. The number of carbonyl (C=O) groups is 1. The van der Waals surface area contributed by atoms with Crippen molar-refractivity contribution in [2.75, 3.05) is 17.1 Å². The summed E-state index contributed by atoms with van der Waals surface area (Å²) >= 11 is 0. The number of pyridine rings is 1. The second-order valence-electron chi connectivity index (χ2n) is 5.91. The Morgan fingerprint density at radius 2 is 1.92 bits per heavy atom. The summed E-state index contributed by atoms with van der Waals surface area (Å²) in [7, 11) is -3.39. The summed E-state index contributed by atoms with van der Waals surface area (Å²) in [5.74, 6) is -0.110. The second kappa shape index (κ2) is 8.62. The number of hydrogen-bond acceptors (Lipinski definition) is 4. The van der Waals surface area contributed by atoms with Gasteiger partial charge in [0.05, 0.1) is 11.9 Å². The molecule has 1 N–H and O–H groups in total. The number of amides is 1. The highest BCUT2D eigenvalue weighted by Gasteiger charge is 2.17. The fourth-order valence-corrected chi connectivity index (χ4v) is 3.34. The van der Waals surface area contributed by atoms with Gasteiger partial charge in [0.25, 0.3) is 0 Å². The van der Waals surface area contributed by atoms with E-state index in [1.807, 2.05) is 31.2 Å². The summed E-state index contributed by atoms with van der Waals surface area (Å²) < 4.78 is 25.4. The number of rotatable bonds is 8. The molecule has 0 aliphatic rings. The van der Waals surface area contributed by atoms with Crippen LogP contribution in [0.15, 0.2) is 48.8 Å². The van der Waals surface area contributed by atoms with Gasteiger partial charge in [0.2, 0.25) is 15.9 Å². The van der Waals surface area contributed by atoms with Crippen molar-refractivity contribution >= 4 is 21.6 Å². The topological polar surface area (TPSA) is 79.4 Å². The summed E-state index contributed by atoms with van der Waals surface area (Å²) in [6, 6.07) is 11.0. The molecule has 0 unspecified atom stereocenters. The van der Waals surface area contributed by atoms with Crippen molar-refractivity contribution in [1.29, 1.82) is 0 Å². The molecule has 25 heavy (non-hydrogen) atoms. The number of hydrogen-bond donors (Lipinski definition) is 1. The largest absolute Gasteiger partial charge is 0.352 e. The number of aromatic nitrogens is 1. The lowest BCUT2D eigenvalue weighted by Crippen LogP contribution is -2.32. The highest BCUT2D eigenvalue weighted by Crippen LogP contribution is 2.18. The number of nitrogens with one attached hydrogen (secondary N) is 1. The summed E-state index contributed by atoms with van der Waals surface area (Å²) in [5, 5.41) is 2.81. The molecule has 2 rings (SSSR count). The van der Waals surface area contributed by atoms with E-state index in [1.165, 1.54) is 10.6 Å². The van der Waals surface area contributed by atoms with E-state index in [-0.39, 0.29) is 18.9 Å². The lowest BCUT2D eigenvalue weighted by molar-refractivity contribution is -0.121. The molecule has 2 aromatic rings. The molecule has 0 saturated carbocycles. The van der Waals surface area contributed by atoms with Gasteiger partial charge >= 0.3 is 0 Å². The third-order valence-electron chi connectivity index (χ3n) is 3.70. The second-order valence-corrected chi connectivity index (χ2v) is 7.82. The molecular weight excluding hydrogens is 338 g/mol. The molecule has 0 radical (unpaired) electrons. The van der Waals surface area contributed by atoms with Crippen molar-refractivity contribution in [2.24, 2.45) is 0 Å². The highest BCUT2D eigenvalue weighted by atomic mass is 32.2. The van der Waals surface area contributed by atoms with E-state index in [4.69, 9.17) is 0 Å². The molecule has 0 saturated heterocycles. The molecule has 6 nitrogen and oxygen atoms in total. The Morgan fingerprint density at radius 3 is 2.52 bits per heavy atom. The number of sulfonamides is 1. The summed E-state index contributed by atoms with van der Waals surface area (Å²) in [6.45, 7) is 2.63. The lowest BCUT2D eigenvalue weighted by atomic mass is 10.2. The van der Waals surface area contributed by atoms with Crippen LogP contribution in [0.5, 0.6) is 0 Å². The van der Waals surface area contributed by atoms with Gasteiger partial charge in [-0.1, -0.05) is 23.8 Å². The molecule has 1 aromatic heterocycles.